The lowest BCUT2D eigenvalue weighted by molar-refractivity contribution is -0.870. The van der Waals surface area contributed by atoms with Crippen molar-refractivity contribution in [3.63, 3.8) is 0 Å². The van der Waals surface area contributed by atoms with Gasteiger partial charge in [-0.3, -0.25) is 19.5 Å². The molecule has 10 nitrogen and oxygen atoms in total. The number of aryl methyl sites for hydroxylation is 1. The summed E-state index contributed by atoms with van der Waals surface area (Å²) in [6, 6.07) is 9.17. The number of carbonyl (C=O) groups is 2. The largest absolute Gasteiger partial charge is 0.493 e. The molecule has 43 heavy (non-hydrogen) atoms. The summed E-state index contributed by atoms with van der Waals surface area (Å²) in [5.74, 6) is -0.260. The summed E-state index contributed by atoms with van der Waals surface area (Å²) in [4.78, 5) is 35.3. The van der Waals surface area contributed by atoms with Crippen LogP contribution < -0.4 is 14.2 Å². The van der Waals surface area contributed by atoms with Crippen molar-refractivity contribution in [1.82, 2.24) is 14.8 Å². The maximum atomic E-state index is 13.9. The Balaban J connectivity index is 1.58. The van der Waals surface area contributed by atoms with Crippen molar-refractivity contribution in [2.24, 2.45) is 5.92 Å². The molecule has 236 valence electrons. The minimum absolute atomic E-state index is 0.0644. The third-order valence-corrected chi connectivity index (χ3v) is 8.54. The van der Waals surface area contributed by atoms with Gasteiger partial charge in [-0.05, 0) is 61.9 Å². The smallest absolute Gasteiger partial charge is 0.308 e. The van der Waals surface area contributed by atoms with Gasteiger partial charge < -0.3 is 28.7 Å². The molecule has 0 saturated carbocycles. The van der Waals surface area contributed by atoms with Crippen LogP contribution in [0.5, 0.6) is 17.2 Å². The number of hydrogen-bond acceptors (Lipinski definition) is 7. The Kier molecular flexibility index (Phi) is 11.3. The summed E-state index contributed by atoms with van der Waals surface area (Å²) in [6.07, 6.45) is 6.91. The number of carboxylic acids is 1. The molecule has 0 radical (unpaired) electrons. The van der Waals surface area contributed by atoms with E-state index in [9.17, 15) is 14.7 Å². The zero-order valence-corrected chi connectivity index (χ0v) is 26.5. The Morgan fingerprint density at radius 2 is 1.93 bits per heavy atom. The van der Waals surface area contributed by atoms with Gasteiger partial charge in [-0.15, -0.1) is 0 Å². The van der Waals surface area contributed by atoms with Gasteiger partial charge in [0, 0.05) is 43.5 Å². The number of aliphatic carboxylic acids is 1. The van der Waals surface area contributed by atoms with Crippen LogP contribution in [0.3, 0.4) is 0 Å². The van der Waals surface area contributed by atoms with E-state index in [1.165, 1.54) is 0 Å². The molecular formula is C33H49N4O6+. The second-order valence-corrected chi connectivity index (χ2v) is 12.7. The van der Waals surface area contributed by atoms with Gasteiger partial charge in [0.2, 0.25) is 18.4 Å². The average molecular weight is 598 g/mol. The molecule has 0 aliphatic carbocycles. The number of pyridine rings is 1. The predicted octanol–water partition coefficient (Wildman–Crippen LogP) is 4.04. The zero-order chi connectivity index (χ0) is 31.0. The summed E-state index contributed by atoms with van der Waals surface area (Å²) in [5.41, 5.74) is 1.72. The Morgan fingerprint density at radius 3 is 2.60 bits per heavy atom. The fraction of sp³-hybridized carbons (Fsp3) is 0.606. The minimum Gasteiger partial charge on any atom is -0.493 e. The van der Waals surface area contributed by atoms with Crippen molar-refractivity contribution >= 4 is 11.9 Å². The highest BCUT2D eigenvalue weighted by Crippen LogP contribution is 2.47. The standard InChI is InChI=1S/C33H48N4O6/c1-6-7-16-35(17-10-11-18-37(2,3)4)30(38)22-36-21-26(24-19-28(41-5)32-29(20-24)42-23-43-32)31(33(39)40)27(36)14-13-25-12-8-9-15-34-25/h8-9,12,15,19-20,26-27,31H,6-7,10-11,13-14,16-18,21-23H2,1-5H3/p+1. The summed E-state index contributed by atoms with van der Waals surface area (Å²) in [5, 5.41) is 10.6. The number of carbonyl (C=O) groups excluding carboxylic acids is 1. The van der Waals surface area contributed by atoms with Crippen LogP contribution in [0.2, 0.25) is 0 Å². The molecule has 2 aromatic rings. The lowest BCUT2D eigenvalue weighted by Crippen LogP contribution is -2.45. The molecule has 3 unspecified atom stereocenters. The van der Waals surface area contributed by atoms with Crippen molar-refractivity contribution in [1.29, 1.82) is 0 Å². The van der Waals surface area contributed by atoms with Crippen molar-refractivity contribution in [2.45, 2.75) is 57.4 Å². The first-order valence-electron chi connectivity index (χ1n) is 15.5. The highest BCUT2D eigenvalue weighted by atomic mass is 16.7. The van der Waals surface area contributed by atoms with Crippen LogP contribution in [0, 0.1) is 5.92 Å². The minimum atomic E-state index is -0.870. The lowest BCUT2D eigenvalue weighted by atomic mass is 9.83. The van der Waals surface area contributed by atoms with E-state index in [1.54, 1.807) is 13.3 Å². The molecule has 1 N–H and O–H groups in total. The molecule has 10 heteroatoms. The maximum absolute atomic E-state index is 13.9. The summed E-state index contributed by atoms with van der Waals surface area (Å²) >= 11 is 0. The zero-order valence-electron chi connectivity index (χ0n) is 26.5. The number of ether oxygens (including phenoxy) is 3. The maximum Gasteiger partial charge on any atom is 0.308 e. The van der Waals surface area contributed by atoms with E-state index >= 15 is 0 Å². The van der Waals surface area contributed by atoms with E-state index in [4.69, 9.17) is 14.2 Å². The number of quaternary nitrogens is 1. The summed E-state index contributed by atoms with van der Waals surface area (Å²) in [6.45, 7) is 5.36. The Morgan fingerprint density at radius 1 is 1.14 bits per heavy atom. The van der Waals surface area contributed by atoms with Crippen molar-refractivity contribution in [3.05, 3.63) is 47.8 Å². The third kappa shape index (κ3) is 8.60. The number of benzene rings is 1. The third-order valence-electron chi connectivity index (χ3n) is 8.54. The monoisotopic (exact) mass is 597 g/mol. The van der Waals surface area contributed by atoms with E-state index in [0.29, 0.717) is 36.6 Å². The fourth-order valence-corrected chi connectivity index (χ4v) is 6.27. The number of carboxylic acid groups (broad SMARTS) is 1. The van der Waals surface area contributed by atoms with E-state index in [0.717, 1.165) is 61.1 Å². The highest BCUT2D eigenvalue weighted by Gasteiger charge is 2.47. The van der Waals surface area contributed by atoms with Gasteiger partial charge in [-0.1, -0.05) is 19.4 Å². The summed E-state index contributed by atoms with van der Waals surface area (Å²) in [7, 11) is 8.12. The molecule has 3 atom stereocenters. The number of amides is 1. The number of nitrogens with zero attached hydrogens (tertiary/aromatic N) is 4. The Bertz CT molecular complexity index is 1220. The number of rotatable bonds is 16. The predicted molar refractivity (Wildman–Crippen MR) is 165 cm³/mol. The van der Waals surface area contributed by atoms with Crippen molar-refractivity contribution in [3.8, 4) is 17.2 Å². The fourth-order valence-electron chi connectivity index (χ4n) is 6.27. The number of methoxy groups -OCH3 is 1. The summed E-state index contributed by atoms with van der Waals surface area (Å²) < 4.78 is 17.7. The number of unbranched alkanes of at least 4 members (excludes halogenated alkanes) is 2. The van der Waals surface area contributed by atoms with E-state index in [-0.39, 0.29) is 31.2 Å². The molecule has 3 heterocycles. The average Bonchev–Trinajstić information content (AvgIpc) is 3.60. The molecule has 1 amide bonds. The highest BCUT2D eigenvalue weighted by molar-refractivity contribution is 5.79. The van der Waals surface area contributed by atoms with E-state index in [1.807, 2.05) is 35.2 Å². The molecule has 0 bridgehead atoms. The Hall–Kier alpha value is -3.37. The lowest BCUT2D eigenvalue weighted by Gasteiger charge is -2.30. The van der Waals surface area contributed by atoms with Crippen molar-refractivity contribution in [2.75, 3.05) is 67.8 Å². The van der Waals surface area contributed by atoms with Crippen LogP contribution in [0.1, 0.15) is 56.2 Å². The molecule has 1 fully saturated rings. The van der Waals surface area contributed by atoms with Gasteiger partial charge in [0.15, 0.2) is 11.5 Å². The van der Waals surface area contributed by atoms with Crippen molar-refractivity contribution < 1.29 is 33.4 Å². The van der Waals surface area contributed by atoms with Crippen LogP contribution in [0.25, 0.3) is 0 Å². The van der Waals surface area contributed by atoms with Crippen LogP contribution in [0.4, 0.5) is 0 Å². The molecule has 2 aliphatic heterocycles. The molecule has 2 aliphatic rings. The molecular weight excluding hydrogens is 548 g/mol. The first kappa shape index (κ1) is 32.5. The molecule has 0 spiro atoms. The van der Waals surface area contributed by atoms with Crippen LogP contribution in [-0.4, -0.2) is 110 Å². The quantitative estimate of drug-likeness (QED) is 0.229. The van der Waals surface area contributed by atoms with Crippen LogP contribution in [0.15, 0.2) is 36.5 Å². The number of likely N-dealkylation sites (tertiary alicyclic amines) is 1. The number of aromatic nitrogens is 1. The first-order valence-corrected chi connectivity index (χ1v) is 15.5. The number of hydrogen-bond donors (Lipinski definition) is 1. The van der Waals surface area contributed by atoms with Crippen LogP contribution >= 0.6 is 0 Å². The second-order valence-electron chi connectivity index (χ2n) is 12.7. The molecule has 1 aromatic heterocycles. The SMILES string of the molecule is CCCCN(CCCC[N+](C)(C)C)C(=O)CN1CC(c2cc(OC)c3c(c2)OCO3)C(C(=O)O)C1CCc1ccccn1. The van der Waals surface area contributed by atoms with Gasteiger partial charge in [0.1, 0.15) is 0 Å². The van der Waals surface area contributed by atoms with E-state index < -0.39 is 11.9 Å². The van der Waals surface area contributed by atoms with Gasteiger partial charge in [-0.2, -0.15) is 0 Å². The second kappa shape index (κ2) is 14.9. The molecule has 1 aromatic carbocycles. The van der Waals surface area contributed by atoms with Crippen LogP contribution in [-0.2, 0) is 16.0 Å². The topological polar surface area (TPSA) is 101 Å². The number of fused-ring (bicyclic) bond motifs is 1. The van der Waals surface area contributed by atoms with Gasteiger partial charge in [0.05, 0.1) is 47.3 Å². The molecule has 1 saturated heterocycles. The van der Waals surface area contributed by atoms with Gasteiger partial charge in [-0.25, -0.2) is 0 Å². The normalized spacial score (nSPS) is 19.9. The van der Waals surface area contributed by atoms with Gasteiger partial charge >= 0.3 is 5.97 Å². The van der Waals surface area contributed by atoms with Gasteiger partial charge in [0.25, 0.3) is 0 Å². The van der Waals surface area contributed by atoms with E-state index in [2.05, 4.69) is 38.0 Å². The molecule has 4 rings (SSSR count). The Labute approximate surface area is 256 Å². The first-order chi connectivity index (χ1) is 20.6.